The van der Waals surface area contributed by atoms with Crippen molar-refractivity contribution in [3.05, 3.63) is 88.0 Å². The summed E-state index contributed by atoms with van der Waals surface area (Å²) in [4.78, 5) is 45.0. The van der Waals surface area contributed by atoms with Crippen molar-refractivity contribution in [2.45, 2.75) is 309 Å². The second-order valence-corrected chi connectivity index (χ2v) is 45.3. The molecule has 1 aliphatic heterocycles. The molecule has 0 aromatic heterocycles. The number of halogens is 2. The molecule has 7 fully saturated rings. The number of hydrogen-bond donors (Lipinski definition) is 6. The Labute approximate surface area is 693 Å². The maximum absolute atomic E-state index is 13.8. The highest BCUT2D eigenvalue weighted by Gasteiger charge is 2.60. The van der Waals surface area contributed by atoms with Crippen molar-refractivity contribution < 1.29 is 84.1 Å². The topological polar surface area (TPSA) is 279 Å². The molecule has 4 unspecified atom stereocenters. The predicted octanol–water partition coefficient (Wildman–Crippen LogP) is 17.4. The van der Waals surface area contributed by atoms with Crippen molar-refractivity contribution in [3.8, 4) is 17.2 Å². The van der Waals surface area contributed by atoms with E-state index in [0.29, 0.717) is 137 Å². The first-order chi connectivity index (χ1) is 54.3. The number of nitrogens with two attached hydrogens (primary N) is 1. The fourth-order valence-corrected chi connectivity index (χ4v) is 27.4. The minimum atomic E-state index is -4.58. The first-order valence-electron chi connectivity index (χ1n) is 44.1. The van der Waals surface area contributed by atoms with Crippen LogP contribution in [0.2, 0.25) is 0 Å². The molecule has 13 rings (SSSR count). The number of rotatable bonds is 32. The SMILES string of the molecule is CC(C)[C@H](N)C(=O)Oc1ccc2c(c1)C[C@@H](CCCS(=O)CCCC(C)(C)F)[C@@H]1[C@@H]2CC[C@]2(C)[C@@H](O)CC[C@@H]12.CCCCS(=O)CCC[C@@H]1Cc2cc(OCOP(=O)(O)O)ccc2[C@H]2CC[C@]3(C)[C@@H](O)CC[C@H]3[C@H]12.CN1CCC(OC(=O)Oc2ccc3c(c2)C[C@@H](CCCS(=O)CCCC(C)(C)F)[C@@H]2[C@@H]3CC[C@]3(C)[C@@H](O)CC[C@@H]23)C1. The van der Waals surface area contributed by atoms with Crippen molar-refractivity contribution in [3.63, 3.8) is 0 Å². The van der Waals surface area contributed by atoms with Gasteiger partial charge in [-0.2, -0.15) is 0 Å². The molecular formula is C91H141F2N2O16PS3. The summed E-state index contributed by atoms with van der Waals surface area (Å²) in [7, 11) is -5.16. The zero-order chi connectivity index (χ0) is 83.1. The van der Waals surface area contributed by atoms with Crippen molar-refractivity contribution in [1.29, 1.82) is 0 Å². The van der Waals surface area contributed by atoms with E-state index in [0.717, 1.165) is 179 Å². The number of nitrogens with zero attached hydrogens (tertiary/aromatic N) is 1. The van der Waals surface area contributed by atoms with Gasteiger partial charge < -0.3 is 54.7 Å². The minimum absolute atomic E-state index is 0.00703. The number of carbonyl (C=O) groups is 2. The van der Waals surface area contributed by atoms with Gasteiger partial charge in [-0.05, 0) is 371 Å². The van der Waals surface area contributed by atoms with E-state index in [1.54, 1.807) is 27.7 Å². The predicted molar refractivity (Wildman–Crippen MR) is 453 cm³/mol. The summed E-state index contributed by atoms with van der Waals surface area (Å²) in [5.74, 6) is 10.9. The minimum Gasteiger partial charge on any atom is -0.467 e. The van der Waals surface area contributed by atoms with Crippen LogP contribution in [0.5, 0.6) is 17.2 Å². The number of aliphatic hydroxyl groups excluding tert-OH is 3. The van der Waals surface area contributed by atoms with Crippen LogP contribution >= 0.6 is 7.82 Å². The average Bonchev–Trinajstić information content (AvgIpc) is 1.68. The summed E-state index contributed by atoms with van der Waals surface area (Å²) in [6, 6.07) is 17.5. The Hall–Kier alpha value is -3.58. The Balaban J connectivity index is 0.000000170. The summed E-state index contributed by atoms with van der Waals surface area (Å²) in [5.41, 5.74) is 11.4. The molecule has 0 spiro atoms. The third-order valence-corrected chi connectivity index (χ3v) is 34.7. The van der Waals surface area contributed by atoms with Crippen LogP contribution in [-0.4, -0.2) is 158 Å². The van der Waals surface area contributed by atoms with E-state index in [9.17, 15) is 50.9 Å². The number of unbranched alkanes of at least 4 members (excludes halogenated alkanes) is 1. The first kappa shape index (κ1) is 92.1. The van der Waals surface area contributed by atoms with Gasteiger partial charge in [0.05, 0.1) is 18.3 Å². The molecule has 24 heteroatoms. The Kier molecular flexibility index (Phi) is 31.8. The number of phosphoric acid groups is 1. The van der Waals surface area contributed by atoms with E-state index >= 15 is 0 Å². The largest absolute Gasteiger partial charge is 0.514 e. The molecule has 0 bridgehead atoms. The molecule has 0 amide bonds. The van der Waals surface area contributed by atoms with E-state index in [2.05, 4.69) is 55.3 Å². The number of fused-ring (bicyclic) bond motifs is 15. The fraction of sp³-hybridized carbons (Fsp3) is 0.780. The lowest BCUT2D eigenvalue weighted by Gasteiger charge is -2.53. The molecule has 23 atom stereocenters. The molecule has 648 valence electrons. The van der Waals surface area contributed by atoms with E-state index in [-0.39, 0.29) is 46.6 Å². The van der Waals surface area contributed by atoms with Gasteiger partial charge in [-0.15, -0.1) is 0 Å². The summed E-state index contributed by atoms with van der Waals surface area (Å²) in [6.07, 6.45) is 24.3. The van der Waals surface area contributed by atoms with Gasteiger partial charge in [0, 0.05) is 80.0 Å². The number of esters is 1. The van der Waals surface area contributed by atoms with Crippen LogP contribution in [-0.2, 0) is 70.3 Å². The maximum atomic E-state index is 13.8. The number of likely N-dealkylation sites (N-methyl/N-ethyl adjacent to an activating group) is 1. The number of hydrogen-bond acceptors (Lipinski definition) is 16. The molecule has 3 aromatic carbocycles. The van der Waals surface area contributed by atoms with Crippen LogP contribution in [0.4, 0.5) is 13.6 Å². The number of phosphoric ester groups is 1. The number of likely N-dealkylation sites (tertiary alicyclic amines) is 1. The quantitative estimate of drug-likeness (QED) is 0.0111. The summed E-state index contributed by atoms with van der Waals surface area (Å²) >= 11 is 0. The lowest BCUT2D eigenvalue weighted by atomic mass is 9.52. The second kappa shape index (κ2) is 39.7. The van der Waals surface area contributed by atoms with Gasteiger partial charge in [-0.25, -0.2) is 27.5 Å². The molecule has 9 aliphatic carbocycles. The van der Waals surface area contributed by atoms with Crippen LogP contribution < -0.4 is 19.9 Å². The van der Waals surface area contributed by atoms with Gasteiger partial charge in [0.1, 0.15) is 40.7 Å². The standard InChI is InChI=1S/C33H50FNO5S.C32H50FNO4S.C26H41O7PS/c1-32(2,34)14-6-18-41(38)17-5-7-22-19-23-20-24(39-31(37)40-25-13-16-35(4)21-25)8-9-26(23)27-12-15-33(3)28(30(22)27)10-11-29(33)36;1-20(2)29(34)30(36)38-23-9-10-24-22(19-23)18-21(8-6-16-39(37)17-7-14-31(3,4)33)28-25(24)13-15-32(5)26(28)11-12-27(32)35;1-3-4-13-35(31)14-5-6-18-15-19-16-20(32-17-33-34(28,29)30)7-8-21(19)22-11-12-26(2)23(25(18)22)9-10-24(26)27/h8-9,20,22,25,27-30,36H,5-7,10-19,21H2,1-4H3;9-10,19-21,25-29,35H,6-8,11-18,34H2,1-5H3;7-8,16,18,22-25,27H,3-6,9-15,17H2,1-2H3,(H2,28,29,30)/t22-,25?,27-,28+,29+,30-,33+,41?;21-,25-,26+,27+,28-,29+,32+,39?;18-,22-,23+,24+,25-,26+,35?/m111/s1. The number of carbonyl (C=O) groups excluding carboxylic acids is 2. The Morgan fingerprint density at radius 2 is 0.939 bits per heavy atom. The molecule has 1 heterocycles. The maximum Gasteiger partial charge on any atom is 0.514 e. The highest BCUT2D eigenvalue weighted by atomic mass is 32.2. The average molecular weight is 1680 g/mol. The van der Waals surface area contributed by atoms with Gasteiger partial charge in [-0.3, -0.25) is 12.6 Å². The number of ether oxygens (including phenoxy) is 4. The molecule has 3 aromatic rings. The van der Waals surface area contributed by atoms with Gasteiger partial charge in [-0.1, -0.05) is 66.2 Å². The third kappa shape index (κ3) is 23.2. The van der Waals surface area contributed by atoms with E-state index in [4.69, 9.17) is 34.5 Å². The molecular weight excluding hydrogens is 1540 g/mol. The number of alkyl halides is 2. The van der Waals surface area contributed by atoms with Crippen LogP contribution in [0.15, 0.2) is 54.6 Å². The van der Waals surface area contributed by atoms with Crippen molar-refractivity contribution in [2.24, 2.45) is 81.2 Å². The molecule has 10 aliphatic rings. The lowest BCUT2D eigenvalue weighted by molar-refractivity contribution is -0.136. The van der Waals surface area contributed by atoms with Gasteiger partial charge in [0.2, 0.25) is 0 Å². The van der Waals surface area contributed by atoms with Crippen molar-refractivity contribution in [2.75, 3.05) is 61.4 Å². The first-order valence-corrected chi connectivity index (χ1v) is 50.1. The smallest absolute Gasteiger partial charge is 0.467 e. The Morgan fingerprint density at radius 3 is 1.30 bits per heavy atom. The normalized spacial score (nSPS) is 32.9. The number of benzene rings is 3. The Bertz CT molecular complexity index is 3870. The van der Waals surface area contributed by atoms with E-state index in [1.807, 2.05) is 57.3 Å². The number of aliphatic hydroxyl groups is 3. The third-order valence-electron chi connectivity index (χ3n) is 29.8. The van der Waals surface area contributed by atoms with Crippen molar-refractivity contribution in [1.82, 2.24) is 4.90 Å². The van der Waals surface area contributed by atoms with Gasteiger partial charge in [0.15, 0.2) is 6.79 Å². The molecule has 7 N–H and O–H groups in total. The highest BCUT2D eigenvalue weighted by Crippen LogP contribution is 2.66. The lowest BCUT2D eigenvalue weighted by Crippen LogP contribution is -2.47. The van der Waals surface area contributed by atoms with Gasteiger partial charge in [0.25, 0.3) is 0 Å². The fourth-order valence-electron chi connectivity index (χ4n) is 23.6. The van der Waals surface area contributed by atoms with Crippen LogP contribution in [0, 0.1) is 75.4 Å². The molecule has 115 heavy (non-hydrogen) atoms. The summed E-state index contributed by atoms with van der Waals surface area (Å²) in [5, 5.41) is 32.7. The summed E-state index contributed by atoms with van der Waals surface area (Å²) < 4.78 is 103. The second-order valence-electron chi connectivity index (χ2n) is 38.9. The van der Waals surface area contributed by atoms with E-state index in [1.165, 1.54) is 33.4 Å². The van der Waals surface area contributed by atoms with Crippen LogP contribution in [0.3, 0.4) is 0 Å². The van der Waals surface area contributed by atoms with Gasteiger partial charge >= 0.3 is 19.9 Å². The van der Waals surface area contributed by atoms with E-state index < -0.39 is 76.5 Å². The van der Waals surface area contributed by atoms with Crippen molar-refractivity contribution >= 4 is 52.3 Å². The Morgan fingerprint density at radius 1 is 0.565 bits per heavy atom. The zero-order valence-electron chi connectivity index (χ0n) is 70.9. The highest BCUT2D eigenvalue weighted by molar-refractivity contribution is 7.85. The monoisotopic (exact) mass is 1680 g/mol. The van der Waals surface area contributed by atoms with Crippen LogP contribution in [0.25, 0.3) is 0 Å². The molecule has 0 radical (unpaired) electrons. The molecule has 1 saturated heterocycles. The molecule has 6 saturated carbocycles. The summed E-state index contributed by atoms with van der Waals surface area (Å²) in [6.45, 7) is 20.3. The zero-order valence-corrected chi connectivity index (χ0v) is 74.3. The molecule has 18 nitrogen and oxygen atoms in total. The van der Waals surface area contributed by atoms with Crippen LogP contribution in [0.1, 0.15) is 281 Å².